The van der Waals surface area contributed by atoms with Gasteiger partial charge in [-0.05, 0) is 43.2 Å². The molecule has 2 aliphatic rings. The Morgan fingerprint density at radius 2 is 2.00 bits per heavy atom. The molecule has 2 atom stereocenters. The first kappa shape index (κ1) is 19.5. The van der Waals surface area contributed by atoms with Crippen LogP contribution < -0.4 is 5.73 Å². The highest BCUT2D eigenvalue weighted by molar-refractivity contribution is 5.85. The maximum atomic E-state index is 12.9. The number of likely N-dealkylation sites (tertiary alicyclic amines) is 1. The Hall–Kier alpha value is -2.80. The average molecular weight is 394 g/mol. The second kappa shape index (κ2) is 8.29. The molecule has 0 unspecified atom stereocenters. The molecule has 3 heterocycles. The van der Waals surface area contributed by atoms with E-state index in [9.17, 15) is 9.59 Å². The molecule has 0 spiro atoms. The number of nitrogens with zero attached hydrogens (tertiary/aromatic N) is 3. The van der Waals surface area contributed by atoms with Gasteiger partial charge in [0.2, 0.25) is 5.91 Å². The summed E-state index contributed by atoms with van der Waals surface area (Å²) < 4.78 is 5.57. The lowest BCUT2D eigenvalue weighted by Gasteiger charge is -2.41. The third kappa shape index (κ3) is 4.00. The SMILES string of the molecule is NC(=O)[C@]1(Cc2ccccc2-c2cncnc2)CCCN(C(=O)[C@H]2CCCO2)C1. The van der Waals surface area contributed by atoms with Gasteiger partial charge >= 0.3 is 0 Å². The number of amides is 2. The summed E-state index contributed by atoms with van der Waals surface area (Å²) in [4.78, 5) is 35.5. The summed E-state index contributed by atoms with van der Waals surface area (Å²) in [5, 5.41) is 0. The summed E-state index contributed by atoms with van der Waals surface area (Å²) >= 11 is 0. The normalized spacial score (nSPS) is 24.4. The third-order valence-corrected chi connectivity index (χ3v) is 6.03. The van der Waals surface area contributed by atoms with E-state index in [2.05, 4.69) is 9.97 Å². The Bertz CT molecular complexity index is 883. The minimum atomic E-state index is -0.793. The molecule has 7 heteroatoms. The number of benzene rings is 1. The van der Waals surface area contributed by atoms with Gasteiger partial charge in [-0.15, -0.1) is 0 Å². The molecule has 2 N–H and O–H groups in total. The van der Waals surface area contributed by atoms with Crippen molar-refractivity contribution in [3.05, 3.63) is 48.5 Å². The average Bonchev–Trinajstić information content (AvgIpc) is 3.29. The van der Waals surface area contributed by atoms with Gasteiger partial charge in [0, 0.05) is 37.7 Å². The van der Waals surface area contributed by atoms with Gasteiger partial charge in [0.1, 0.15) is 12.4 Å². The van der Waals surface area contributed by atoms with Gasteiger partial charge in [-0.3, -0.25) is 9.59 Å². The monoisotopic (exact) mass is 394 g/mol. The van der Waals surface area contributed by atoms with E-state index < -0.39 is 5.41 Å². The van der Waals surface area contributed by atoms with Crippen LogP contribution in [0.15, 0.2) is 43.0 Å². The van der Waals surface area contributed by atoms with Crippen LogP contribution in [-0.2, 0) is 20.7 Å². The number of ether oxygens (including phenoxy) is 1. The Morgan fingerprint density at radius 3 is 2.72 bits per heavy atom. The van der Waals surface area contributed by atoms with Crippen LogP contribution in [0.5, 0.6) is 0 Å². The van der Waals surface area contributed by atoms with Crippen molar-refractivity contribution in [3.63, 3.8) is 0 Å². The van der Waals surface area contributed by atoms with E-state index >= 15 is 0 Å². The number of carbonyl (C=O) groups is 2. The van der Waals surface area contributed by atoms with Gasteiger partial charge in [-0.25, -0.2) is 9.97 Å². The minimum Gasteiger partial charge on any atom is -0.369 e. The van der Waals surface area contributed by atoms with Crippen molar-refractivity contribution in [1.29, 1.82) is 0 Å². The first-order valence-electron chi connectivity index (χ1n) is 10.1. The summed E-state index contributed by atoms with van der Waals surface area (Å²) in [6, 6.07) is 7.92. The smallest absolute Gasteiger partial charge is 0.251 e. The Morgan fingerprint density at radius 1 is 1.21 bits per heavy atom. The Kier molecular flexibility index (Phi) is 5.58. The van der Waals surface area contributed by atoms with Gasteiger partial charge in [0.05, 0.1) is 5.41 Å². The molecule has 0 aliphatic carbocycles. The second-order valence-corrected chi connectivity index (χ2v) is 7.97. The van der Waals surface area contributed by atoms with E-state index in [0.29, 0.717) is 32.5 Å². The van der Waals surface area contributed by atoms with Crippen LogP contribution in [0.1, 0.15) is 31.2 Å². The molecule has 0 saturated carbocycles. The van der Waals surface area contributed by atoms with Gasteiger partial charge in [-0.2, -0.15) is 0 Å². The minimum absolute atomic E-state index is 0.0161. The topological polar surface area (TPSA) is 98.4 Å². The zero-order chi connectivity index (χ0) is 20.3. The molecule has 2 saturated heterocycles. The molecule has 2 amide bonds. The summed E-state index contributed by atoms with van der Waals surface area (Å²) in [5.41, 5.74) is 8.01. The van der Waals surface area contributed by atoms with Crippen LogP contribution >= 0.6 is 0 Å². The molecule has 2 aliphatic heterocycles. The lowest BCUT2D eigenvalue weighted by Crippen LogP contribution is -2.55. The predicted molar refractivity (Wildman–Crippen MR) is 108 cm³/mol. The van der Waals surface area contributed by atoms with Crippen LogP contribution in [0, 0.1) is 5.41 Å². The van der Waals surface area contributed by atoms with Crippen LogP contribution in [0.3, 0.4) is 0 Å². The number of piperidine rings is 1. The molecule has 1 aromatic carbocycles. The first-order valence-corrected chi connectivity index (χ1v) is 10.1. The van der Waals surface area contributed by atoms with Crippen LogP contribution in [0.2, 0.25) is 0 Å². The van der Waals surface area contributed by atoms with Crippen molar-refractivity contribution >= 4 is 11.8 Å². The molecule has 1 aromatic heterocycles. The lowest BCUT2D eigenvalue weighted by atomic mass is 9.73. The number of aromatic nitrogens is 2. The highest BCUT2D eigenvalue weighted by Gasteiger charge is 2.44. The number of carbonyl (C=O) groups excluding carboxylic acids is 2. The summed E-state index contributed by atoms with van der Waals surface area (Å²) in [5.74, 6) is -0.376. The van der Waals surface area contributed by atoms with Crippen molar-refractivity contribution < 1.29 is 14.3 Å². The molecule has 152 valence electrons. The van der Waals surface area contributed by atoms with Gasteiger partial charge in [0.15, 0.2) is 0 Å². The van der Waals surface area contributed by atoms with Crippen molar-refractivity contribution in [1.82, 2.24) is 14.9 Å². The zero-order valence-electron chi connectivity index (χ0n) is 16.4. The molecule has 2 aromatic rings. The molecular formula is C22H26N4O3. The maximum Gasteiger partial charge on any atom is 0.251 e. The number of hydrogen-bond acceptors (Lipinski definition) is 5. The van der Waals surface area contributed by atoms with E-state index in [4.69, 9.17) is 10.5 Å². The number of nitrogens with two attached hydrogens (primary N) is 1. The fraction of sp³-hybridized carbons (Fsp3) is 0.455. The molecule has 2 fully saturated rings. The van der Waals surface area contributed by atoms with Gasteiger partial charge < -0.3 is 15.4 Å². The van der Waals surface area contributed by atoms with E-state index in [1.165, 1.54) is 6.33 Å². The summed E-state index contributed by atoms with van der Waals surface area (Å²) in [6.07, 6.45) is 8.17. The Labute approximate surface area is 170 Å². The van der Waals surface area contributed by atoms with E-state index in [1.807, 2.05) is 24.3 Å². The van der Waals surface area contributed by atoms with Gasteiger partial charge in [0.25, 0.3) is 5.91 Å². The molecule has 0 radical (unpaired) electrons. The second-order valence-electron chi connectivity index (χ2n) is 7.97. The number of primary amides is 1. The van der Waals surface area contributed by atoms with E-state index in [1.54, 1.807) is 17.3 Å². The highest BCUT2D eigenvalue weighted by atomic mass is 16.5. The lowest BCUT2D eigenvalue weighted by molar-refractivity contribution is -0.147. The van der Waals surface area contributed by atoms with Crippen LogP contribution in [0.4, 0.5) is 0 Å². The van der Waals surface area contributed by atoms with Crippen LogP contribution in [-0.4, -0.2) is 52.5 Å². The fourth-order valence-electron chi connectivity index (χ4n) is 4.49. The van der Waals surface area contributed by atoms with Crippen molar-refractivity contribution in [2.24, 2.45) is 11.1 Å². The van der Waals surface area contributed by atoms with Gasteiger partial charge in [-0.1, -0.05) is 24.3 Å². The summed E-state index contributed by atoms with van der Waals surface area (Å²) in [6.45, 7) is 1.60. The van der Waals surface area contributed by atoms with Crippen LogP contribution in [0.25, 0.3) is 11.1 Å². The van der Waals surface area contributed by atoms with Crippen molar-refractivity contribution in [3.8, 4) is 11.1 Å². The summed E-state index contributed by atoms with van der Waals surface area (Å²) in [7, 11) is 0. The largest absolute Gasteiger partial charge is 0.369 e. The van der Waals surface area contributed by atoms with E-state index in [-0.39, 0.29) is 17.9 Å². The van der Waals surface area contributed by atoms with E-state index in [0.717, 1.165) is 36.0 Å². The molecule has 0 bridgehead atoms. The zero-order valence-corrected chi connectivity index (χ0v) is 16.4. The fourth-order valence-corrected chi connectivity index (χ4v) is 4.49. The Balaban J connectivity index is 1.61. The predicted octanol–water partition coefficient (Wildman–Crippen LogP) is 1.96. The molecule has 29 heavy (non-hydrogen) atoms. The number of hydrogen-bond donors (Lipinski definition) is 1. The highest BCUT2D eigenvalue weighted by Crippen LogP contribution is 2.37. The van der Waals surface area contributed by atoms with Crippen molar-refractivity contribution in [2.75, 3.05) is 19.7 Å². The molecule has 7 nitrogen and oxygen atoms in total. The standard InChI is InChI=1S/C22H26N4O3/c23-21(28)22(8-4-9-26(14-22)20(27)19-7-3-10-29-19)11-16-5-1-2-6-18(16)17-12-24-15-25-13-17/h1-2,5-6,12-13,15,19H,3-4,7-11,14H2,(H2,23,28)/t19-,22+/m1/s1. The third-order valence-electron chi connectivity index (χ3n) is 6.03. The van der Waals surface area contributed by atoms with Crippen molar-refractivity contribution in [2.45, 2.75) is 38.2 Å². The molecular weight excluding hydrogens is 368 g/mol. The maximum absolute atomic E-state index is 12.9. The number of rotatable bonds is 5. The quantitative estimate of drug-likeness (QED) is 0.836. The molecule has 4 rings (SSSR count). The first-order chi connectivity index (χ1) is 14.1.